The number of benzene rings is 2. The van der Waals surface area contributed by atoms with Crippen LogP contribution in [0.25, 0.3) is 0 Å². The summed E-state index contributed by atoms with van der Waals surface area (Å²) in [5.41, 5.74) is 3.92. The number of nitrogens with zero attached hydrogens (tertiary/aromatic N) is 1. The topological polar surface area (TPSA) is 62.6 Å². The summed E-state index contributed by atoms with van der Waals surface area (Å²) in [4.78, 5) is 15.6. The van der Waals surface area contributed by atoms with Crippen molar-refractivity contribution in [3.63, 3.8) is 0 Å². The van der Waals surface area contributed by atoms with Crippen LogP contribution in [0.2, 0.25) is 0 Å². The van der Waals surface area contributed by atoms with Gasteiger partial charge in [0.15, 0.2) is 5.76 Å². The van der Waals surface area contributed by atoms with Crippen molar-refractivity contribution in [3.8, 4) is 0 Å². The van der Waals surface area contributed by atoms with E-state index in [0.29, 0.717) is 12.3 Å². The van der Waals surface area contributed by atoms with Gasteiger partial charge in [0.25, 0.3) is 5.91 Å². The van der Waals surface area contributed by atoms with Gasteiger partial charge in [-0.1, -0.05) is 36.4 Å². The zero-order valence-corrected chi connectivity index (χ0v) is 18.6. The average molecular weight is 437 g/mol. The molecule has 6 heteroatoms. The molecule has 5 nitrogen and oxygen atoms in total. The van der Waals surface area contributed by atoms with E-state index in [-0.39, 0.29) is 17.4 Å². The van der Waals surface area contributed by atoms with Crippen LogP contribution in [0.4, 0.5) is 0 Å². The Balaban J connectivity index is 1.21. The summed E-state index contributed by atoms with van der Waals surface area (Å²) in [6, 6.07) is 19.6. The molecule has 4 rings (SSSR count). The molecule has 31 heavy (non-hydrogen) atoms. The fourth-order valence-electron chi connectivity index (χ4n) is 3.88. The molecule has 0 bridgehead atoms. The standard InChI is InChI=1S/C25H28N2O3S/c1-19-6-4-9-23(16-19)31(29)18-22-10-11-24(30-22)25(28)26-13-5-14-27-15-12-20-7-2-3-8-21(20)17-27/h2-4,6-11,16H,5,12-15,17-18H2,1H3,(H,26,28). The third kappa shape index (κ3) is 5.71. The Morgan fingerprint density at radius 2 is 1.94 bits per heavy atom. The fourth-order valence-corrected chi connectivity index (χ4v) is 5.01. The van der Waals surface area contributed by atoms with Crippen molar-refractivity contribution >= 4 is 16.7 Å². The SMILES string of the molecule is Cc1cccc(S(=O)Cc2ccc(C(=O)NCCCN3CCc4ccccc4C3)o2)c1. The summed E-state index contributed by atoms with van der Waals surface area (Å²) in [5, 5.41) is 2.93. The van der Waals surface area contributed by atoms with E-state index in [1.54, 1.807) is 12.1 Å². The van der Waals surface area contributed by atoms with Crippen molar-refractivity contribution < 1.29 is 13.4 Å². The van der Waals surface area contributed by atoms with Gasteiger partial charge >= 0.3 is 0 Å². The molecule has 1 aromatic heterocycles. The Morgan fingerprint density at radius 1 is 1.10 bits per heavy atom. The predicted molar refractivity (Wildman–Crippen MR) is 122 cm³/mol. The molecular weight excluding hydrogens is 408 g/mol. The van der Waals surface area contributed by atoms with E-state index in [4.69, 9.17) is 4.42 Å². The monoisotopic (exact) mass is 436 g/mol. The molecule has 1 atom stereocenters. The largest absolute Gasteiger partial charge is 0.455 e. The number of rotatable bonds is 8. The Hall–Kier alpha value is -2.70. The molecule has 2 heterocycles. The first-order valence-electron chi connectivity index (χ1n) is 10.7. The maximum atomic E-state index is 12.5. The minimum atomic E-state index is -1.20. The van der Waals surface area contributed by atoms with E-state index in [1.807, 2.05) is 31.2 Å². The van der Waals surface area contributed by atoms with Gasteiger partial charge in [0.2, 0.25) is 0 Å². The normalized spacial score (nSPS) is 14.7. The molecule has 1 aliphatic rings. The lowest BCUT2D eigenvalue weighted by Gasteiger charge is -2.28. The van der Waals surface area contributed by atoms with Crippen LogP contribution in [-0.2, 0) is 29.5 Å². The number of carbonyl (C=O) groups excluding carboxylic acids is 1. The van der Waals surface area contributed by atoms with E-state index in [0.717, 1.165) is 42.9 Å². The molecule has 1 unspecified atom stereocenters. The van der Waals surface area contributed by atoms with Gasteiger partial charge in [-0.3, -0.25) is 13.9 Å². The number of carbonyl (C=O) groups is 1. The highest BCUT2D eigenvalue weighted by Gasteiger charge is 2.16. The van der Waals surface area contributed by atoms with E-state index >= 15 is 0 Å². The number of fused-ring (bicyclic) bond motifs is 1. The summed E-state index contributed by atoms with van der Waals surface area (Å²) < 4.78 is 18.2. The molecular formula is C25H28N2O3S. The van der Waals surface area contributed by atoms with Crippen molar-refractivity contribution in [3.05, 3.63) is 88.9 Å². The Bertz CT molecular complexity index is 1080. The van der Waals surface area contributed by atoms with E-state index in [9.17, 15) is 9.00 Å². The summed E-state index contributed by atoms with van der Waals surface area (Å²) in [6.07, 6.45) is 1.97. The van der Waals surface area contributed by atoms with Crippen LogP contribution >= 0.6 is 0 Å². The number of hydrogen-bond donors (Lipinski definition) is 1. The maximum Gasteiger partial charge on any atom is 0.286 e. The fraction of sp³-hybridized carbons (Fsp3) is 0.320. The smallest absolute Gasteiger partial charge is 0.286 e. The molecule has 1 amide bonds. The molecule has 0 aliphatic carbocycles. The van der Waals surface area contributed by atoms with Crippen LogP contribution in [0, 0.1) is 6.92 Å². The lowest BCUT2D eigenvalue weighted by atomic mass is 10.00. The second-order valence-corrected chi connectivity index (χ2v) is 9.43. The summed E-state index contributed by atoms with van der Waals surface area (Å²) in [5.74, 6) is 0.851. The minimum absolute atomic E-state index is 0.225. The second kappa shape index (κ2) is 10.1. The summed E-state index contributed by atoms with van der Waals surface area (Å²) in [6.45, 7) is 5.56. The molecule has 0 radical (unpaired) electrons. The van der Waals surface area contributed by atoms with Gasteiger partial charge in [0.05, 0.1) is 16.6 Å². The first-order valence-corrected chi connectivity index (χ1v) is 12.0. The number of aryl methyl sites for hydroxylation is 1. The van der Waals surface area contributed by atoms with Gasteiger partial charge in [0.1, 0.15) is 5.76 Å². The van der Waals surface area contributed by atoms with Gasteiger partial charge in [0, 0.05) is 31.1 Å². The third-order valence-corrected chi connectivity index (χ3v) is 6.88. The first kappa shape index (κ1) is 21.5. The summed E-state index contributed by atoms with van der Waals surface area (Å²) in [7, 11) is -1.20. The zero-order chi connectivity index (χ0) is 21.6. The van der Waals surface area contributed by atoms with Crippen LogP contribution in [-0.4, -0.2) is 34.7 Å². The van der Waals surface area contributed by atoms with Crippen molar-refractivity contribution in [2.75, 3.05) is 19.6 Å². The molecule has 3 aromatic rings. The molecule has 0 saturated heterocycles. The van der Waals surface area contributed by atoms with Crippen molar-refractivity contribution in [2.24, 2.45) is 0 Å². The molecule has 0 saturated carbocycles. The van der Waals surface area contributed by atoms with Crippen LogP contribution in [0.3, 0.4) is 0 Å². The Kier molecular flexibility index (Phi) is 6.99. The van der Waals surface area contributed by atoms with Gasteiger partial charge in [-0.2, -0.15) is 0 Å². The lowest BCUT2D eigenvalue weighted by Crippen LogP contribution is -2.33. The molecule has 0 spiro atoms. The first-order chi connectivity index (χ1) is 15.1. The Labute approximate surface area is 185 Å². The number of amides is 1. The molecule has 0 fully saturated rings. The summed E-state index contributed by atoms with van der Waals surface area (Å²) >= 11 is 0. The lowest BCUT2D eigenvalue weighted by molar-refractivity contribution is 0.0922. The zero-order valence-electron chi connectivity index (χ0n) is 17.8. The maximum absolute atomic E-state index is 12.5. The highest BCUT2D eigenvalue weighted by atomic mass is 32.2. The van der Waals surface area contributed by atoms with Crippen molar-refractivity contribution in [2.45, 2.75) is 37.0 Å². The molecule has 2 aromatic carbocycles. The van der Waals surface area contributed by atoms with Crippen LogP contribution in [0.15, 0.2) is 70.0 Å². The van der Waals surface area contributed by atoms with E-state index in [1.165, 1.54) is 11.1 Å². The number of furan rings is 1. The van der Waals surface area contributed by atoms with Gasteiger partial charge in [-0.05, 0) is 60.7 Å². The Morgan fingerprint density at radius 3 is 2.77 bits per heavy atom. The average Bonchev–Trinajstić information content (AvgIpc) is 3.25. The quantitative estimate of drug-likeness (QED) is 0.541. The van der Waals surface area contributed by atoms with E-state index in [2.05, 4.69) is 34.5 Å². The number of nitrogens with one attached hydrogen (secondary N) is 1. The van der Waals surface area contributed by atoms with Gasteiger partial charge in [-0.25, -0.2) is 0 Å². The number of hydrogen-bond acceptors (Lipinski definition) is 4. The van der Waals surface area contributed by atoms with Crippen LogP contribution in [0.5, 0.6) is 0 Å². The van der Waals surface area contributed by atoms with Gasteiger partial charge < -0.3 is 9.73 Å². The minimum Gasteiger partial charge on any atom is -0.455 e. The van der Waals surface area contributed by atoms with Crippen molar-refractivity contribution in [1.82, 2.24) is 10.2 Å². The van der Waals surface area contributed by atoms with Gasteiger partial charge in [-0.15, -0.1) is 0 Å². The van der Waals surface area contributed by atoms with Crippen LogP contribution in [0.1, 0.15) is 39.4 Å². The van der Waals surface area contributed by atoms with E-state index < -0.39 is 10.8 Å². The van der Waals surface area contributed by atoms with Crippen LogP contribution < -0.4 is 5.32 Å². The highest BCUT2D eigenvalue weighted by molar-refractivity contribution is 7.84. The molecule has 1 aliphatic heterocycles. The molecule has 1 N–H and O–H groups in total. The predicted octanol–water partition coefficient (Wildman–Crippen LogP) is 4.07. The highest BCUT2D eigenvalue weighted by Crippen LogP contribution is 2.19. The molecule has 162 valence electrons. The third-order valence-electron chi connectivity index (χ3n) is 5.56. The van der Waals surface area contributed by atoms with Crippen molar-refractivity contribution in [1.29, 1.82) is 0 Å². The second-order valence-electron chi connectivity index (χ2n) is 7.98.